The second-order valence-electron chi connectivity index (χ2n) is 9.94. The van der Waals surface area contributed by atoms with E-state index in [9.17, 15) is 9.32 Å². The molecule has 2 N–H and O–H groups in total. The molecule has 172 valence electrons. The van der Waals surface area contributed by atoms with Crippen molar-refractivity contribution in [3.8, 4) is 0 Å². The highest BCUT2D eigenvalue weighted by molar-refractivity contribution is 7.84. The summed E-state index contributed by atoms with van der Waals surface area (Å²) in [5, 5.41) is 14.0. The molecule has 1 atom stereocenters. The van der Waals surface area contributed by atoms with Gasteiger partial charge in [-0.2, -0.15) is 4.98 Å². The lowest BCUT2D eigenvalue weighted by atomic mass is 9.65. The summed E-state index contributed by atoms with van der Waals surface area (Å²) in [5.74, 6) is 1.92. The van der Waals surface area contributed by atoms with E-state index >= 15 is 0 Å². The Morgan fingerprint density at radius 1 is 1.19 bits per heavy atom. The minimum Gasteiger partial charge on any atom is -0.394 e. The maximum Gasteiger partial charge on any atom is 0.227 e. The average molecular weight is 475 g/mol. The van der Waals surface area contributed by atoms with E-state index in [0.29, 0.717) is 28.0 Å². The Bertz CT molecular complexity index is 990. The summed E-state index contributed by atoms with van der Waals surface area (Å²) in [4.78, 5) is 12.1. The topological polar surface area (TPSA) is 78.4 Å². The average Bonchev–Trinajstić information content (AvgIpc) is 2.75. The predicted octanol–water partition coefficient (Wildman–Crippen LogP) is 4.36. The first-order chi connectivity index (χ1) is 15.4. The number of rotatable bonds is 6. The Morgan fingerprint density at radius 2 is 1.88 bits per heavy atom. The van der Waals surface area contributed by atoms with Crippen molar-refractivity contribution in [1.29, 1.82) is 0 Å². The molecular weight excluding hydrogens is 444 g/mol. The van der Waals surface area contributed by atoms with Gasteiger partial charge in [0.2, 0.25) is 5.95 Å². The van der Waals surface area contributed by atoms with Gasteiger partial charge < -0.3 is 15.3 Å². The minimum atomic E-state index is -1.19. The fraction of sp³-hybridized carbons (Fsp3) is 0.583. The quantitative estimate of drug-likeness (QED) is 0.647. The van der Waals surface area contributed by atoms with Gasteiger partial charge in [-0.15, -0.1) is 0 Å². The van der Waals surface area contributed by atoms with Crippen LogP contribution in [0.5, 0.6) is 0 Å². The number of aliphatic hydroxyl groups excluding tert-OH is 1. The Balaban J connectivity index is 1.25. The van der Waals surface area contributed by atoms with Gasteiger partial charge in [-0.05, 0) is 68.6 Å². The molecule has 32 heavy (non-hydrogen) atoms. The van der Waals surface area contributed by atoms with Gasteiger partial charge in [0.25, 0.3) is 0 Å². The number of hydrogen-bond donors (Lipinski definition) is 2. The van der Waals surface area contributed by atoms with Crippen LogP contribution in [-0.4, -0.2) is 50.8 Å². The largest absolute Gasteiger partial charge is 0.394 e. The molecule has 5 rings (SSSR count). The van der Waals surface area contributed by atoms with Crippen molar-refractivity contribution in [2.24, 2.45) is 5.41 Å². The van der Waals surface area contributed by atoms with Crippen molar-refractivity contribution < 1.29 is 9.32 Å². The van der Waals surface area contributed by atoms with Gasteiger partial charge in [-0.3, -0.25) is 4.21 Å². The number of aliphatic hydroxyl groups is 1. The molecule has 8 heteroatoms. The van der Waals surface area contributed by atoms with E-state index in [2.05, 4.69) is 27.3 Å². The van der Waals surface area contributed by atoms with Gasteiger partial charge in [0.05, 0.1) is 34.0 Å². The van der Waals surface area contributed by atoms with Gasteiger partial charge in [-0.1, -0.05) is 23.7 Å². The highest BCUT2D eigenvalue weighted by Crippen LogP contribution is 2.49. The SMILES string of the molecule is CS(=O)c1cnc(N2CC3(CCC(c4ccc(Cl)cc4)CC3)C2)nc1NC1(CO)CCC1. The van der Waals surface area contributed by atoms with Crippen LogP contribution in [0.3, 0.4) is 0 Å². The Morgan fingerprint density at radius 3 is 2.44 bits per heavy atom. The molecule has 6 nitrogen and oxygen atoms in total. The van der Waals surface area contributed by atoms with Crippen molar-refractivity contribution in [2.75, 3.05) is 36.2 Å². The second kappa shape index (κ2) is 8.58. The van der Waals surface area contributed by atoms with Gasteiger partial charge >= 0.3 is 0 Å². The molecule has 3 aliphatic rings. The zero-order chi connectivity index (χ0) is 22.3. The van der Waals surface area contributed by atoms with Crippen LogP contribution >= 0.6 is 11.6 Å². The number of benzene rings is 1. The highest BCUT2D eigenvalue weighted by atomic mass is 35.5. The third kappa shape index (κ3) is 4.15. The number of aromatic nitrogens is 2. The first-order valence-corrected chi connectivity index (χ1v) is 13.4. The molecule has 1 aromatic carbocycles. The number of halogens is 1. The van der Waals surface area contributed by atoms with Crippen molar-refractivity contribution >= 4 is 34.2 Å². The zero-order valence-electron chi connectivity index (χ0n) is 18.5. The predicted molar refractivity (Wildman–Crippen MR) is 129 cm³/mol. The smallest absolute Gasteiger partial charge is 0.227 e. The maximum atomic E-state index is 12.2. The van der Waals surface area contributed by atoms with Crippen LogP contribution in [0.4, 0.5) is 11.8 Å². The Kier molecular flexibility index (Phi) is 5.93. The summed E-state index contributed by atoms with van der Waals surface area (Å²) in [7, 11) is -1.19. The maximum absolute atomic E-state index is 12.2. The molecule has 2 aliphatic carbocycles. The fourth-order valence-corrected chi connectivity index (χ4v) is 6.21. The van der Waals surface area contributed by atoms with Crippen LogP contribution < -0.4 is 10.2 Å². The van der Waals surface area contributed by atoms with Crippen LogP contribution in [-0.2, 0) is 10.8 Å². The summed E-state index contributed by atoms with van der Waals surface area (Å²) in [6, 6.07) is 8.32. The molecule has 3 fully saturated rings. The fourth-order valence-electron chi connectivity index (χ4n) is 5.51. The molecule has 1 aliphatic heterocycles. The van der Waals surface area contributed by atoms with E-state index in [1.165, 1.54) is 31.2 Å². The molecule has 0 amide bonds. The molecule has 0 bridgehead atoms. The molecule has 1 aromatic heterocycles. The van der Waals surface area contributed by atoms with Crippen LogP contribution in [0.15, 0.2) is 35.4 Å². The van der Waals surface area contributed by atoms with E-state index in [-0.39, 0.29) is 12.1 Å². The van der Waals surface area contributed by atoms with Crippen molar-refractivity contribution in [3.63, 3.8) is 0 Å². The third-order valence-electron chi connectivity index (χ3n) is 7.77. The summed E-state index contributed by atoms with van der Waals surface area (Å²) >= 11 is 6.04. The second-order valence-corrected chi connectivity index (χ2v) is 11.7. The molecule has 2 saturated carbocycles. The molecule has 1 saturated heterocycles. The van der Waals surface area contributed by atoms with Crippen LogP contribution in [0.1, 0.15) is 56.4 Å². The lowest BCUT2D eigenvalue weighted by molar-refractivity contribution is 0.126. The van der Waals surface area contributed by atoms with Gasteiger partial charge in [0, 0.05) is 29.8 Å². The number of nitrogens with one attached hydrogen (secondary N) is 1. The molecular formula is C24H31ClN4O2S. The van der Waals surface area contributed by atoms with Crippen LogP contribution in [0.2, 0.25) is 5.02 Å². The van der Waals surface area contributed by atoms with Crippen LogP contribution in [0, 0.1) is 5.41 Å². The van der Waals surface area contributed by atoms with Crippen molar-refractivity contribution in [1.82, 2.24) is 9.97 Å². The third-order valence-corrected chi connectivity index (χ3v) is 8.94. The Labute approximate surface area is 197 Å². The summed E-state index contributed by atoms with van der Waals surface area (Å²) in [6.45, 7) is 2.00. The van der Waals surface area contributed by atoms with E-state index in [1.807, 2.05) is 12.1 Å². The zero-order valence-corrected chi connectivity index (χ0v) is 20.1. The molecule has 0 radical (unpaired) electrons. The summed E-state index contributed by atoms with van der Waals surface area (Å²) in [6.07, 6.45) is 11.1. The summed E-state index contributed by atoms with van der Waals surface area (Å²) in [5.41, 5.74) is 1.42. The first-order valence-electron chi connectivity index (χ1n) is 11.5. The standard InChI is InChI=1S/C24H31ClN4O2S/c1-32(31)20-13-26-22(27-21(20)28-24(16-30)9-2-10-24)29-14-23(15-29)11-7-18(8-12-23)17-3-5-19(25)6-4-17/h3-6,13,18,30H,2,7-12,14-16H2,1H3,(H,26,27,28). The lowest BCUT2D eigenvalue weighted by Gasteiger charge is -2.53. The number of nitrogens with zero attached hydrogens (tertiary/aromatic N) is 3. The van der Waals surface area contributed by atoms with Gasteiger partial charge in [-0.25, -0.2) is 4.98 Å². The van der Waals surface area contributed by atoms with Gasteiger partial charge in [0.1, 0.15) is 5.82 Å². The first kappa shape index (κ1) is 22.1. The molecule has 1 unspecified atom stereocenters. The van der Waals surface area contributed by atoms with Crippen LogP contribution in [0.25, 0.3) is 0 Å². The normalized spacial score (nSPS) is 22.8. The van der Waals surface area contributed by atoms with Crippen molar-refractivity contribution in [3.05, 3.63) is 41.0 Å². The van der Waals surface area contributed by atoms with E-state index < -0.39 is 10.8 Å². The van der Waals surface area contributed by atoms with E-state index in [4.69, 9.17) is 16.6 Å². The molecule has 2 heterocycles. The van der Waals surface area contributed by atoms with E-state index in [1.54, 1.807) is 12.5 Å². The Hall–Kier alpha value is -1.70. The monoisotopic (exact) mass is 474 g/mol. The lowest BCUT2D eigenvalue weighted by Crippen LogP contribution is -2.58. The minimum absolute atomic E-state index is 0.0593. The molecule has 2 aromatic rings. The van der Waals surface area contributed by atoms with Crippen molar-refractivity contribution in [2.45, 2.75) is 61.3 Å². The number of anilines is 2. The van der Waals surface area contributed by atoms with E-state index in [0.717, 1.165) is 37.4 Å². The summed E-state index contributed by atoms with van der Waals surface area (Å²) < 4.78 is 12.2. The number of hydrogen-bond acceptors (Lipinski definition) is 6. The molecule has 1 spiro atoms. The van der Waals surface area contributed by atoms with Gasteiger partial charge in [0.15, 0.2) is 0 Å². The highest BCUT2D eigenvalue weighted by Gasteiger charge is 2.46.